The van der Waals surface area contributed by atoms with Crippen LogP contribution in [-0.4, -0.2) is 36.6 Å². The summed E-state index contributed by atoms with van der Waals surface area (Å²) >= 11 is 5.84. The minimum atomic E-state index is -3.61. The average molecular weight is 430 g/mol. The molecule has 1 saturated carbocycles. The Morgan fingerprint density at radius 2 is 2.00 bits per heavy atom. The van der Waals surface area contributed by atoms with Crippen LogP contribution in [0.3, 0.4) is 0 Å². The van der Waals surface area contributed by atoms with Crippen LogP contribution in [0.4, 0.5) is 0 Å². The maximum absolute atomic E-state index is 12.6. The van der Waals surface area contributed by atoms with Crippen molar-refractivity contribution in [2.45, 2.75) is 23.8 Å². The highest BCUT2D eigenvalue weighted by Gasteiger charge is 2.39. The summed E-state index contributed by atoms with van der Waals surface area (Å²) in [6.45, 7) is 0. The van der Waals surface area contributed by atoms with E-state index in [1.807, 2.05) is 12.3 Å². The predicted molar refractivity (Wildman–Crippen MR) is 111 cm³/mol. The Balaban J connectivity index is 1.36. The molecule has 10 heteroatoms. The summed E-state index contributed by atoms with van der Waals surface area (Å²) < 4.78 is 33.4. The van der Waals surface area contributed by atoms with Crippen LogP contribution in [0.2, 0.25) is 5.02 Å². The molecule has 0 atom stereocenters. The summed E-state index contributed by atoms with van der Waals surface area (Å²) in [5.74, 6) is 2.35. The van der Waals surface area contributed by atoms with Gasteiger partial charge in [-0.3, -0.25) is 0 Å². The number of hydrogen-bond acceptors (Lipinski definition) is 5. The lowest BCUT2D eigenvalue weighted by Gasteiger charge is -2.39. The monoisotopic (exact) mass is 429 g/mol. The van der Waals surface area contributed by atoms with Crippen LogP contribution >= 0.6 is 11.6 Å². The maximum Gasteiger partial charge on any atom is 0.552 e. The first kappa shape index (κ1) is 18.7. The SMILES string of the molecule is O=S(=O)(NC1CC(C2=CB(O)Oc3cnc4[nH]ccc4c32)C1)c1ccc(Cl)cc1. The number of benzene rings is 1. The molecule has 7 nitrogen and oxygen atoms in total. The second kappa shape index (κ2) is 6.88. The number of rotatable bonds is 4. The molecule has 29 heavy (non-hydrogen) atoms. The van der Waals surface area contributed by atoms with Crippen molar-refractivity contribution in [1.82, 2.24) is 14.7 Å². The molecule has 1 fully saturated rings. The van der Waals surface area contributed by atoms with Gasteiger partial charge in [-0.2, -0.15) is 0 Å². The third kappa shape index (κ3) is 3.34. The van der Waals surface area contributed by atoms with Crippen LogP contribution < -0.4 is 9.38 Å². The number of aromatic nitrogens is 2. The lowest BCUT2D eigenvalue weighted by molar-refractivity contribution is 0.308. The second-order valence-electron chi connectivity index (χ2n) is 7.31. The standard InChI is InChI=1S/C19H17BClN3O4S/c21-12-1-3-14(4-2-12)29(26,27)24-13-7-11(8-13)16-9-20(25)28-17-10-23-19-15(18(16)17)5-6-22-19/h1-6,9-11,13,24-25H,7-8H2,(H,22,23). The van der Waals surface area contributed by atoms with Crippen LogP contribution in [0.5, 0.6) is 5.75 Å². The third-order valence-electron chi connectivity index (χ3n) is 5.43. The molecule has 3 aromatic rings. The van der Waals surface area contributed by atoms with E-state index in [-0.39, 0.29) is 16.9 Å². The molecule has 0 bridgehead atoms. The molecule has 0 amide bonds. The number of fused-ring (bicyclic) bond motifs is 3. The fourth-order valence-corrected chi connectivity index (χ4v) is 5.37. The molecule has 2 aromatic heterocycles. The molecule has 5 rings (SSSR count). The second-order valence-corrected chi connectivity index (χ2v) is 9.46. The van der Waals surface area contributed by atoms with E-state index < -0.39 is 17.1 Å². The van der Waals surface area contributed by atoms with Crippen LogP contribution in [0.15, 0.2) is 53.6 Å². The largest absolute Gasteiger partial charge is 0.552 e. The van der Waals surface area contributed by atoms with Crippen molar-refractivity contribution in [3.05, 3.63) is 59.3 Å². The van der Waals surface area contributed by atoms with Crippen LogP contribution in [0.25, 0.3) is 16.6 Å². The van der Waals surface area contributed by atoms with Gasteiger partial charge < -0.3 is 14.7 Å². The summed E-state index contributed by atoms with van der Waals surface area (Å²) in [5, 5.41) is 11.5. The number of nitrogens with zero attached hydrogens (tertiary/aromatic N) is 1. The molecule has 0 radical (unpaired) electrons. The molecule has 1 aliphatic heterocycles. The maximum atomic E-state index is 12.6. The number of aromatic amines is 1. The number of halogens is 1. The zero-order valence-corrected chi connectivity index (χ0v) is 16.7. The van der Waals surface area contributed by atoms with Gasteiger partial charge in [0, 0.05) is 28.2 Å². The highest BCUT2D eigenvalue weighted by atomic mass is 35.5. The minimum Gasteiger partial charge on any atom is -0.531 e. The van der Waals surface area contributed by atoms with E-state index in [0.29, 0.717) is 23.6 Å². The molecule has 0 unspecified atom stereocenters. The molecule has 2 aliphatic rings. The summed E-state index contributed by atoms with van der Waals surface area (Å²) in [7, 11) is -4.65. The Kier molecular flexibility index (Phi) is 4.43. The Labute approximate surface area is 173 Å². The van der Waals surface area contributed by atoms with Gasteiger partial charge in [0.25, 0.3) is 0 Å². The zero-order chi connectivity index (χ0) is 20.2. The third-order valence-corrected chi connectivity index (χ3v) is 7.22. The lowest BCUT2D eigenvalue weighted by atomic mass is 9.68. The first-order valence-corrected chi connectivity index (χ1v) is 11.1. The minimum absolute atomic E-state index is 0.116. The first-order valence-electron chi connectivity index (χ1n) is 9.21. The van der Waals surface area contributed by atoms with Crippen molar-refractivity contribution < 1.29 is 18.1 Å². The molecule has 1 aromatic carbocycles. The van der Waals surface area contributed by atoms with E-state index in [9.17, 15) is 13.4 Å². The van der Waals surface area contributed by atoms with Gasteiger partial charge in [-0.05, 0) is 60.6 Å². The van der Waals surface area contributed by atoms with E-state index in [1.54, 1.807) is 24.3 Å². The Morgan fingerprint density at radius 1 is 1.24 bits per heavy atom. The molecule has 3 heterocycles. The van der Waals surface area contributed by atoms with Crippen molar-refractivity contribution in [3.63, 3.8) is 0 Å². The van der Waals surface area contributed by atoms with Crippen molar-refractivity contribution >= 4 is 45.3 Å². The number of nitrogens with one attached hydrogen (secondary N) is 2. The van der Waals surface area contributed by atoms with Crippen LogP contribution in [0, 0.1) is 5.92 Å². The zero-order valence-electron chi connectivity index (χ0n) is 15.2. The van der Waals surface area contributed by atoms with E-state index in [2.05, 4.69) is 14.7 Å². The Hall–Kier alpha value is -2.33. The van der Waals surface area contributed by atoms with E-state index in [1.165, 1.54) is 12.1 Å². The van der Waals surface area contributed by atoms with Crippen molar-refractivity contribution in [1.29, 1.82) is 0 Å². The lowest BCUT2D eigenvalue weighted by Crippen LogP contribution is -2.45. The number of H-pyrrole nitrogens is 1. The first-order chi connectivity index (χ1) is 13.9. The van der Waals surface area contributed by atoms with E-state index in [4.69, 9.17) is 16.3 Å². The number of pyridine rings is 1. The summed E-state index contributed by atoms with van der Waals surface area (Å²) in [6.07, 6.45) is 4.69. The van der Waals surface area contributed by atoms with Crippen molar-refractivity contribution in [2.24, 2.45) is 5.92 Å². The van der Waals surface area contributed by atoms with Crippen molar-refractivity contribution in [3.8, 4) is 5.75 Å². The molecule has 0 spiro atoms. The van der Waals surface area contributed by atoms with E-state index >= 15 is 0 Å². The molecule has 3 N–H and O–H groups in total. The summed E-state index contributed by atoms with van der Waals surface area (Å²) in [4.78, 5) is 7.58. The fourth-order valence-electron chi connectivity index (χ4n) is 3.99. The molecule has 0 saturated heterocycles. The molecule has 148 valence electrons. The van der Waals surface area contributed by atoms with Gasteiger partial charge in [0.2, 0.25) is 10.0 Å². The van der Waals surface area contributed by atoms with Crippen LogP contribution in [-0.2, 0) is 10.0 Å². The Morgan fingerprint density at radius 3 is 2.76 bits per heavy atom. The van der Waals surface area contributed by atoms with Gasteiger partial charge in [0.05, 0.1) is 11.1 Å². The highest BCUT2D eigenvalue weighted by molar-refractivity contribution is 7.89. The van der Waals surface area contributed by atoms with Crippen molar-refractivity contribution in [2.75, 3.05) is 0 Å². The van der Waals surface area contributed by atoms with Gasteiger partial charge in [0.15, 0.2) is 0 Å². The quantitative estimate of drug-likeness (QED) is 0.553. The average Bonchev–Trinajstić information content (AvgIpc) is 3.12. The molecular weight excluding hydrogens is 413 g/mol. The topological polar surface area (TPSA) is 104 Å². The number of hydrogen-bond donors (Lipinski definition) is 3. The van der Waals surface area contributed by atoms with Gasteiger partial charge in [-0.1, -0.05) is 11.6 Å². The smallest absolute Gasteiger partial charge is 0.531 e. The van der Waals surface area contributed by atoms with E-state index in [0.717, 1.165) is 22.2 Å². The van der Waals surface area contributed by atoms with Gasteiger partial charge in [0.1, 0.15) is 11.4 Å². The summed E-state index contributed by atoms with van der Waals surface area (Å²) in [5.41, 5.74) is 2.62. The highest BCUT2D eigenvalue weighted by Crippen LogP contribution is 2.46. The fraction of sp³-hybridized carbons (Fsp3) is 0.211. The van der Waals surface area contributed by atoms with Gasteiger partial charge in [-0.15, -0.1) is 0 Å². The molecular formula is C19H17BClN3O4S. The number of sulfonamides is 1. The number of allylic oxidation sites excluding steroid dienone is 1. The summed E-state index contributed by atoms with van der Waals surface area (Å²) in [6, 6.07) is 7.85. The molecule has 1 aliphatic carbocycles. The normalized spacial score (nSPS) is 21.3. The van der Waals surface area contributed by atoms with Crippen LogP contribution in [0.1, 0.15) is 18.4 Å². The van der Waals surface area contributed by atoms with Gasteiger partial charge in [-0.25, -0.2) is 18.1 Å². The predicted octanol–water partition coefficient (Wildman–Crippen LogP) is 2.77. The van der Waals surface area contributed by atoms with Gasteiger partial charge >= 0.3 is 7.12 Å². The Bertz CT molecular complexity index is 1220.